The quantitative estimate of drug-likeness (QED) is 0.631. The SMILES string of the molecule is CCCc1ccc(NC(=O)N(C)c2ccc(Oc3ccncc3)cc2)cc1. The summed E-state index contributed by atoms with van der Waals surface area (Å²) in [5, 5.41) is 2.91. The molecule has 0 fully saturated rings. The van der Waals surface area contributed by atoms with Crippen molar-refractivity contribution in [2.24, 2.45) is 0 Å². The number of urea groups is 1. The Morgan fingerprint density at radius 2 is 1.59 bits per heavy atom. The van der Waals surface area contributed by atoms with Crippen LogP contribution in [0.1, 0.15) is 18.9 Å². The van der Waals surface area contributed by atoms with Crippen LogP contribution in [0.5, 0.6) is 11.5 Å². The second kappa shape index (κ2) is 8.85. The second-order valence-electron chi connectivity index (χ2n) is 6.21. The van der Waals surface area contributed by atoms with Crippen molar-refractivity contribution in [3.63, 3.8) is 0 Å². The van der Waals surface area contributed by atoms with Gasteiger partial charge in [0, 0.05) is 30.8 Å². The molecule has 0 spiro atoms. The highest BCUT2D eigenvalue weighted by atomic mass is 16.5. The molecule has 3 rings (SSSR count). The van der Waals surface area contributed by atoms with Crippen molar-refractivity contribution in [3.05, 3.63) is 78.6 Å². The molecule has 1 aromatic heterocycles. The van der Waals surface area contributed by atoms with Crippen molar-refractivity contribution in [1.82, 2.24) is 4.98 Å². The molecule has 1 heterocycles. The van der Waals surface area contributed by atoms with Crippen molar-refractivity contribution in [1.29, 1.82) is 0 Å². The highest BCUT2D eigenvalue weighted by molar-refractivity contribution is 6.01. The van der Waals surface area contributed by atoms with Crippen molar-refractivity contribution in [3.8, 4) is 11.5 Å². The fraction of sp³-hybridized carbons (Fsp3) is 0.182. The highest BCUT2D eigenvalue weighted by Gasteiger charge is 2.11. The van der Waals surface area contributed by atoms with Crippen LogP contribution in [-0.2, 0) is 6.42 Å². The van der Waals surface area contributed by atoms with Gasteiger partial charge in [-0.1, -0.05) is 25.5 Å². The maximum absolute atomic E-state index is 12.5. The van der Waals surface area contributed by atoms with Gasteiger partial charge in [0.25, 0.3) is 0 Å². The lowest BCUT2D eigenvalue weighted by Gasteiger charge is -2.18. The van der Waals surface area contributed by atoms with Gasteiger partial charge in [0.2, 0.25) is 0 Å². The minimum atomic E-state index is -0.193. The Labute approximate surface area is 159 Å². The van der Waals surface area contributed by atoms with Crippen LogP contribution in [0.3, 0.4) is 0 Å². The van der Waals surface area contributed by atoms with Gasteiger partial charge in [-0.2, -0.15) is 0 Å². The fourth-order valence-electron chi connectivity index (χ4n) is 2.65. The van der Waals surface area contributed by atoms with E-state index in [1.165, 1.54) is 5.56 Å². The number of benzene rings is 2. The van der Waals surface area contributed by atoms with E-state index in [1.54, 1.807) is 36.5 Å². The van der Waals surface area contributed by atoms with E-state index < -0.39 is 0 Å². The molecule has 0 saturated carbocycles. The van der Waals surface area contributed by atoms with Crippen LogP contribution in [-0.4, -0.2) is 18.1 Å². The Kier molecular flexibility index (Phi) is 6.05. The molecule has 0 aliphatic rings. The van der Waals surface area contributed by atoms with Crippen molar-refractivity contribution in [2.45, 2.75) is 19.8 Å². The number of amides is 2. The van der Waals surface area contributed by atoms with Crippen LogP contribution >= 0.6 is 0 Å². The fourth-order valence-corrected chi connectivity index (χ4v) is 2.65. The van der Waals surface area contributed by atoms with Gasteiger partial charge in [-0.25, -0.2) is 4.79 Å². The average Bonchev–Trinajstić information content (AvgIpc) is 2.70. The molecule has 0 aliphatic heterocycles. The molecule has 2 aromatic carbocycles. The molecule has 5 heteroatoms. The third-order valence-electron chi connectivity index (χ3n) is 4.16. The van der Waals surface area contributed by atoms with E-state index in [2.05, 4.69) is 17.2 Å². The third-order valence-corrected chi connectivity index (χ3v) is 4.16. The second-order valence-corrected chi connectivity index (χ2v) is 6.21. The van der Waals surface area contributed by atoms with E-state index in [9.17, 15) is 4.79 Å². The summed E-state index contributed by atoms with van der Waals surface area (Å²) in [4.78, 5) is 18.0. The normalized spacial score (nSPS) is 10.3. The summed E-state index contributed by atoms with van der Waals surface area (Å²) >= 11 is 0. The zero-order valence-electron chi connectivity index (χ0n) is 15.6. The van der Waals surface area contributed by atoms with E-state index >= 15 is 0 Å². The summed E-state index contributed by atoms with van der Waals surface area (Å²) in [6.45, 7) is 2.15. The molecule has 3 aromatic rings. The van der Waals surface area contributed by atoms with E-state index in [0.29, 0.717) is 5.75 Å². The first kappa shape index (κ1) is 18.5. The third kappa shape index (κ3) is 5.07. The minimum absolute atomic E-state index is 0.193. The number of aryl methyl sites for hydroxylation is 1. The lowest BCUT2D eigenvalue weighted by molar-refractivity contribution is 0.258. The van der Waals surface area contributed by atoms with E-state index in [0.717, 1.165) is 30.0 Å². The van der Waals surface area contributed by atoms with Gasteiger partial charge >= 0.3 is 6.03 Å². The van der Waals surface area contributed by atoms with Crippen molar-refractivity contribution in [2.75, 3.05) is 17.3 Å². The number of ether oxygens (including phenoxy) is 1. The number of anilines is 2. The van der Waals surface area contributed by atoms with Crippen molar-refractivity contribution >= 4 is 17.4 Å². The number of hydrogen-bond acceptors (Lipinski definition) is 3. The largest absolute Gasteiger partial charge is 0.457 e. The Balaban J connectivity index is 1.60. The van der Waals surface area contributed by atoms with Gasteiger partial charge in [-0.15, -0.1) is 0 Å². The number of rotatable bonds is 6. The number of aromatic nitrogens is 1. The molecule has 0 bridgehead atoms. The number of carbonyl (C=O) groups is 1. The Morgan fingerprint density at radius 1 is 0.963 bits per heavy atom. The molecule has 27 heavy (non-hydrogen) atoms. The standard InChI is InChI=1S/C22H23N3O2/c1-3-4-17-5-7-18(8-6-17)24-22(26)25(2)19-9-11-20(12-10-19)27-21-13-15-23-16-14-21/h5-16H,3-4H2,1-2H3,(H,24,26). The number of nitrogens with zero attached hydrogens (tertiary/aromatic N) is 2. The Hall–Kier alpha value is -3.34. The van der Waals surface area contributed by atoms with Crippen LogP contribution in [0.4, 0.5) is 16.2 Å². The molecule has 0 unspecified atom stereocenters. The minimum Gasteiger partial charge on any atom is -0.457 e. The maximum Gasteiger partial charge on any atom is 0.326 e. The maximum atomic E-state index is 12.5. The molecular formula is C22H23N3O2. The van der Waals surface area contributed by atoms with Gasteiger partial charge in [0.15, 0.2) is 0 Å². The summed E-state index contributed by atoms with van der Waals surface area (Å²) in [5.74, 6) is 1.42. The average molecular weight is 361 g/mol. The van der Waals surface area contributed by atoms with Crippen LogP contribution in [0, 0.1) is 0 Å². The predicted molar refractivity (Wildman–Crippen MR) is 109 cm³/mol. The van der Waals surface area contributed by atoms with Gasteiger partial charge in [-0.3, -0.25) is 9.88 Å². The molecule has 5 nitrogen and oxygen atoms in total. The summed E-state index contributed by atoms with van der Waals surface area (Å²) < 4.78 is 5.74. The molecule has 1 N–H and O–H groups in total. The number of hydrogen-bond donors (Lipinski definition) is 1. The lowest BCUT2D eigenvalue weighted by Crippen LogP contribution is -2.31. The highest BCUT2D eigenvalue weighted by Crippen LogP contribution is 2.24. The number of pyridine rings is 1. The van der Waals surface area contributed by atoms with E-state index in [-0.39, 0.29) is 6.03 Å². The zero-order valence-corrected chi connectivity index (χ0v) is 15.6. The smallest absolute Gasteiger partial charge is 0.326 e. The summed E-state index contributed by atoms with van der Waals surface area (Å²) in [5.41, 5.74) is 2.83. The van der Waals surface area contributed by atoms with Crippen LogP contribution in [0.25, 0.3) is 0 Å². The molecular weight excluding hydrogens is 338 g/mol. The predicted octanol–water partition coefficient (Wildman–Crippen LogP) is 5.49. The van der Waals surface area contributed by atoms with Gasteiger partial charge < -0.3 is 10.1 Å². The first-order valence-electron chi connectivity index (χ1n) is 8.97. The first-order valence-corrected chi connectivity index (χ1v) is 8.97. The number of nitrogens with one attached hydrogen (secondary N) is 1. The van der Waals surface area contributed by atoms with Gasteiger partial charge in [-0.05, 0) is 60.5 Å². The first-order chi connectivity index (χ1) is 13.2. The van der Waals surface area contributed by atoms with Crippen LogP contribution in [0.2, 0.25) is 0 Å². The monoisotopic (exact) mass is 361 g/mol. The topological polar surface area (TPSA) is 54.5 Å². The molecule has 0 atom stereocenters. The van der Waals surface area contributed by atoms with Gasteiger partial charge in [0.05, 0.1) is 0 Å². The Morgan fingerprint density at radius 3 is 2.22 bits per heavy atom. The number of carbonyl (C=O) groups excluding carboxylic acids is 1. The molecule has 0 saturated heterocycles. The molecule has 138 valence electrons. The van der Waals surface area contributed by atoms with Crippen LogP contribution in [0.15, 0.2) is 73.1 Å². The summed E-state index contributed by atoms with van der Waals surface area (Å²) in [6.07, 6.45) is 5.50. The summed E-state index contributed by atoms with van der Waals surface area (Å²) in [7, 11) is 1.74. The van der Waals surface area contributed by atoms with Crippen molar-refractivity contribution < 1.29 is 9.53 Å². The van der Waals surface area contributed by atoms with Crippen LogP contribution < -0.4 is 15.0 Å². The molecule has 0 aliphatic carbocycles. The van der Waals surface area contributed by atoms with E-state index in [1.807, 2.05) is 48.5 Å². The Bertz CT molecular complexity index is 862. The van der Waals surface area contributed by atoms with E-state index in [4.69, 9.17) is 4.74 Å². The zero-order chi connectivity index (χ0) is 19.1. The van der Waals surface area contributed by atoms with Gasteiger partial charge in [0.1, 0.15) is 11.5 Å². The lowest BCUT2D eigenvalue weighted by atomic mass is 10.1. The summed E-state index contributed by atoms with van der Waals surface area (Å²) in [6, 6.07) is 18.7. The molecule has 2 amide bonds. The molecule has 0 radical (unpaired) electrons.